The van der Waals surface area contributed by atoms with Gasteiger partial charge in [0.2, 0.25) is 5.88 Å². The van der Waals surface area contributed by atoms with E-state index in [1.165, 1.54) is 22.5 Å². The number of hydrogen-bond donors (Lipinski definition) is 2. The maximum Gasteiger partial charge on any atom is 0.330 e. The summed E-state index contributed by atoms with van der Waals surface area (Å²) in [6.07, 6.45) is 1.94. The summed E-state index contributed by atoms with van der Waals surface area (Å²) in [6, 6.07) is 15.8. The summed E-state index contributed by atoms with van der Waals surface area (Å²) < 4.78 is 5.90. The Labute approximate surface area is 191 Å². The molecule has 2 aromatic carbocycles. The number of aryl methyl sites for hydroxylation is 2. The first-order valence-corrected chi connectivity index (χ1v) is 11.5. The summed E-state index contributed by atoms with van der Waals surface area (Å²) in [6.45, 7) is 4.49. The van der Waals surface area contributed by atoms with E-state index in [4.69, 9.17) is 4.74 Å². The van der Waals surface area contributed by atoms with Gasteiger partial charge in [-0.3, -0.25) is 4.79 Å². The van der Waals surface area contributed by atoms with Crippen molar-refractivity contribution in [2.24, 2.45) is 0 Å². The summed E-state index contributed by atoms with van der Waals surface area (Å²) in [7, 11) is 0. The number of rotatable bonds is 8. The Morgan fingerprint density at radius 2 is 1.88 bits per heavy atom. The van der Waals surface area contributed by atoms with Crippen molar-refractivity contribution >= 4 is 23.2 Å². The fourth-order valence-corrected chi connectivity index (χ4v) is 4.93. The molecule has 0 saturated heterocycles. The van der Waals surface area contributed by atoms with E-state index in [1.54, 1.807) is 0 Å². The first-order valence-electron chi connectivity index (χ1n) is 10.7. The van der Waals surface area contributed by atoms with E-state index < -0.39 is 17.4 Å². The van der Waals surface area contributed by atoms with Crippen molar-refractivity contribution in [2.75, 3.05) is 6.61 Å². The molecule has 0 unspecified atom stereocenters. The molecule has 0 atom stereocenters. The fraction of sp³-hybridized carbons (Fsp3) is 0.320. The quantitative estimate of drug-likeness (QED) is 0.542. The molecular formula is C25H26N2O4S. The number of ether oxygens (including phenoxy) is 1. The molecule has 32 heavy (non-hydrogen) atoms. The van der Waals surface area contributed by atoms with E-state index in [9.17, 15) is 14.7 Å². The van der Waals surface area contributed by atoms with E-state index in [2.05, 4.69) is 35.4 Å². The third-order valence-corrected chi connectivity index (χ3v) is 6.93. The first kappa shape index (κ1) is 22.0. The van der Waals surface area contributed by atoms with Gasteiger partial charge >= 0.3 is 5.97 Å². The molecule has 0 spiro atoms. The number of benzene rings is 2. The van der Waals surface area contributed by atoms with E-state index in [-0.39, 0.29) is 17.8 Å². The van der Waals surface area contributed by atoms with Gasteiger partial charge in [0.25, 0.3) is 5.91 Å². The number of aliphatic carboxylic acids is 1. The lowest BCUT2D eigenvalue weighted by Crippen LogP contribution is -2.55. The van der Waals surface area contributed by atoms with Gasteiger partial charge in [-0.25, -0.2) is 4.79 Å². The predicted molar refractivity (Wildman–Crippen MR) is 124 cm³/mol. The van der Waals surface area contributed by atoms with Gasteiger partial charge in [0, 0.05) is 19.3 Å². The van der Waals surface area contributed by atoms with Crippen LogP contribution >= 0.6 is 11.3 Å². The van der Waals surface area contributed by atoms with Crippen molar-refractivity contribution in [3.05, 3.63) is 80.7 Å². The van der Waals surface area contributed by atoms with E-state index in [0.717, 1.165) is 22.4 Å². The molecule has 166 valence electrons. The minimum absolute atomic E-state index is 0.226. The van der Waals surface area contributed by atoms with Gasteiger partial charge in [-0.05, 0) is 30.0 Å². The predicted octanol–water partition coefficient (Wildman–Crippen LogP) is 3.99. The van der Waals surface area contributed by atoms with Crippen molar-refractivity contribution in [1.29, 1.82) is 0 Å². The van der Waals surface area contributed by atoms with Crippen LogP contribution in [0.3, 0.4) is 0 Å². The van der Waals surface area contributed by atoms with Crippen LogP contribution in [-0.2, 0) is 30.5 Å². The highest BCUT2D eigenvalue weighted by molar-refractivity contribution is 7.13. The largest absolute Gasteiger partial charge is 0.479 e. The second-order valence-corrected chi connectivity index (χ2v) is 9.24. The lowest BCUT2D eigenvalue weighted by molar-refractivity contribution is -0.144. The summed E-state index contributed by atoms with van der Waals surface area (Å²) in [5, 5.41) is 12.9. The molecule has 3 aromatic rings. The van der Waals surface area contributed by atoms with Crippen molar-refractivity contribution < 1.29 is 19.4 Å². The van der Waals surface area contributed by atoms with Gasteiger partial charge in [0.1, 0.15) is 5.54 Å². The number of aromatic nitrogens is 1. The molecule has 0 saturated carbocycles. The number of amides is 1. The molecule has 0 radical (unpaired) electrons. The van der Waals surface area contributed by atoms with Gasteiger partial charge in [-0.1, -0.05) is 61.0 Å². The van der Waals surface area contributed by atoms with Gasteiger partial charge in [-0.2, -0.15) is 4.98 Å². The lowest BCUT2D eigenvalue weighted by Gasteiger charge is -2.24. The maximum absolute atomic E-state index is 13.0. The Morgan fingerprint density at radius 3 is 2.50 bits per heavy atom. The molecule has 1 heterocycles. The Kier molecular flexibility index (Phi) is 6.28. The maximum atomic E-state index is 13.0. The van der Waals surface area contributed by atoms with Crippen LogP contribution in [-0.4, -0.2) is 34.1 Å². The van der Waals surface area contributed by atoms with Crippen LogP contribution in [0.25, 0.3) is 0 Å². The number of carbonyl (C=O) groups excluding carboxylic acids is 1. The molecule has 0 fully saturated rings. The van der Waals surface area contributed by atoms with Crippen molar-refractivity contribution in [1.82, 2.24) is 10.3 Å². The molecule has 1 amide bonds. The molecule has 2 N–H and O–H groups in total. The van der Waals surface area contributed by atoms with Gasteiger partial charge < -0.3 is 15.2 Å². The van der Waals surface area contributed by atoms with Gasteiger partial charge in [0.15, 0.2) is 5.01 Å². The molecule has 1 aliphatic rings. The topological polar surface area (TPSA) is 88.5 Å². The number of fused-ring (bicyclic) bond motifs is 1. The number of carboxylic acid groups (broad SMARTS) is 1. The standard InChI is InChI=1S/C25H26N2O4S/c1-3-20-22(31-12-11-17-8-6-7-16(2)13-17)26-23(32-20)21(28)27-25(24(29)30)14-18-9-4-5-10-19(18)15-25/h4-10,13H,3,11-12,14-15H2,1-2H3,(H,27,28)(H,29,30). The number of carbonyl (C=O) groups is 2. The van der Waals surface area contributed by atoms with Crippen LogP contribution in [0, 0.1) is 6.92 Å². The minimum atomic E-state index is -1.36. The van der Waals surface area contributed by atoms with E-state index >= 15 is 0 Å². The van der Waals surface area contributed by atoms with Crippen LogP contribution in [0.4, 0.5) is 0 Å². The van der Waals surface area contributed by atoms with Crippen LogP contribution in [0.2, 0.25) is 0 Å². The molecule has 1 aromatic heterocycles. The number of nitrogens with one attached hydrogen (secondary N) is 1. The van der Waals surface area contributed by atoms with Gasteiger partial charge in [-0.15, -0.1) is 11.3 Å². The summed E-state index contributed by atoms with van der Waals surface area (Å²) in [4.78, 5) is 30.4. The number of nitrogens with zero attached hydrogens (tertiary/aromatic N) is 1. The van der Waals surface area contributed by atoms with Crippen molar-refractivity contribution in [2.45, 2.75) is 45.1 Å². The van der Waals surface area contributed by atoms with Crippen LogP contribution in [0.5, 0.6) is 5.88 Å². The number of thiazole rings is 1. The van der Waals surface area contributed by atoms with Gasteiger partial charge in [0.05, 0.1) is 11.5 Å². The molecule has 6 nitrogen and oxygen atoms in total. The zero-order valence-electron chi connectivity index (χ0n) is 18.2. The highest BCUT2D eigenvalue weighted by atomic mass is 32.1. The molecule has 0 aliphatic heterocycles. The zero-order chi connectivity index (χ0) is 22.7. The van der Waals surface area contributed by atoms with Crippen LogP contribution in [0.1, 0.15) is 43.9 Å². The average molecular weight is 451 g/mol. The minimum Gasteiger partial charge on any atom is -0.479 e. The van der Waals surface area contributed by atoms with Crippen LogP contribution < -0.4 is 10.1 Å². The average Bonchev–Trinajstić information content (AvgIpc) is 3.35. The molecule has 0 bridgehead atoms. The highest BCUT2D eigenvalue weighted by Gasteiger charge is 2.45. The van der Waals surface area contributed by atoms with E-state index in [0.29, 0.717) is 18.9 Å². The number of hydrogen-bond acceptors (Lipinski definition) is 5. The van der Waals surface area contributed by atoms with Crippen LogP contribution in [0.15, 0.2) is 48.5 Å². The van der Waals surface area contributed by atoms with Crippen molar-refractivity contribution in [3.8, 4) is 5.88 Å². The Bertz CT molecular complexity index is 1130. The monoisotopic (exact) mass is 450 g/mol. The Hall–Kier alpha value is -3.19. The SMILES string of the molecule is CCc1sc(C(=O)NC2(C(=O)O)Cc3ccccc3C2)nc1OCCc1cccc(C)c1. The number of carboxylic acids is 1. The molecule has 7 heteroatoms. The summed E-state index contributed by atoms with van der Waals surface area (Å²) >= 11 is 1.25. The van der Waals surface area contributed by atoms with E-state index in [1.807, 2.05) is 37.3 Å². The Balaban J connectivity index is 1.46. The molecular weight excluding hydrogens is 424 g/mol. The smallest absolute Gasteiger partial charge is 0.330 e. The highest BCUT2D eigenvalue weighted by Crippen LogP contribution is 2.32. The summed E-state index contributed by atoms with van der Waals surface area (Å²) in [5.41, 5.74) is 2.92. The Morgan fingerprint density at radius 1 is 1.16 bits per heavy atom. The molecule has 4 rings (SSSR count). The zero-order valence-corrected chi connectivity index (χ0v) is 19.0. The van der Waals surface area contributed by atoms with Crippen molar-refractivity contribution in [3.63, 3.8) is 0 Å². The third-order valence-electron chi connectivity index (χ3n) is 5.75. The second-order valence-electron chi connectivity index (χ2n) is 8.15. The second kappa shape index (κ2) is 9.12. The fourth-order valence-electron chi connectivity index (χ4n) is 4.08. The first-order chi connectivity index (χ1) is 15.4. The third kappa shape index (κ3) is 4.53. The molecule has 1 aliphatic carbocycles. The summed E-state index contributed by atoms with van der Waals surface area (Å²) in [5.74, 6) is -1.06. The normalized spacial score (nSPS) is 14.1. The lowest BCUT2D eigenvalue weighted by atomic mass is 9.96.